The van der Waals surface area contributed by atoms with Crippen LogP contribution in [0.2, 0.25) is 5.28 Å². The van der Waals surface area contributed by atoms with Crippen LogP contribution in [-0.2, 0) is 0 Å². The zero-order valence-corrected chi connectivity index (χ0v) is 10.5. The molecule has 7 heteroatoms. The Bertz CT molecular complexity index is 582. The summed E-state index contributed by atoms with van der Waals surface area (Å²) < 4.78 is 40.9. The molecule has 0 fully saturated rings. The predicted molar refractivity (Wildman–Crippen MR) is 63.9 cm³/mol. The number of para-hydroxylation sites is 1. The van der Waals surface area contributed by atoms with E-state index in [4.69, 9.17) is 11.6 Å². The van der Waals surface area contributed by atoms with Crippen LogP contribution < -0.4 is 4.74 Å². The highest BCUT2D eigenvalue weighted by atomic mass is 35.5. The number of halogens is 4. The minimum Gasteiger partial charge on any atom is -0.405 e. The average molecular weight is 289 g/mol. The molecule has 0 aliphatic heterocycles. The molecule has 100 valence electrons. The average Bonchev–Trinajstić information content (AvgIpc) is 2.26. The van der Waals surface area contributed by atoms with Gasteiger partial charge in [0.25, 0.3) is 0 Å². The third kappa shape index (κ3) is 3.57. The third-order valence-electron chi connectivity index (χ3n) is 2.22. The molecule has 0 bridgehead atoms. The lowest BCUT2D eigenvalue weighted by molar-refractivity contribution is -0.274. The van der Waals surface area contributed by atoms with Gasteiger partial charge in [0.15, 0.2) is 0 Å². The van der Waals surface area contributed by atoms with Crippen molar-refractivity contribution in [2.75, 3.05) is 0 Å². The smallest absolute Gasteiger partial charge is 0.405 e. The highest BCUT2D eigenvalue weighted by Gasteiger charge is 2.32. The molecule has 19 heavy (non-hydrogen) atoms. The number of hydrogen-bond acceptors (Lipinski definition) is 3. The van der Waals surface area contributed by atoms with Crippen molar-refractivity contribution in [2.45, 2.75) is 13.3 Å². The van der Waals surface area contributed by atoms with Gasteiger partial charge in [-0.3, -0.25) is 0 Å². The fourth-order valence-corrected chi connectivity index (χ4v) is 1.79. The van der Waals surface area contributed by atoms with Gasteiger partial charge in [-0.05, 0) is 36.7 Å². The SMILES string of the molecule is Cc1cc(-c2ccccc2OC(F)(F)F)nc(Cl)n1. The van der Waals surface area contributed by atoms with Gasteiger partial charge < -0.3 is 4.74 Å². The van der Waals surface area contributed by atoms with Crippen molar-refractivity contribution in [3.63, 3.8) is 0 Å². The Morgan fingerprint density at radius 1 is 1.16 bits per heavy atom. The first-order valence-corrected chi connectivity index (χ1v) is 5.59. The molecule has 2 rings (SSSR count). The van der Waals surface area contributed by atoms with Crippen LogP contribution in [0.3, 0.4) is 0 Å². The van der Waals surface area contributed by atoms with Crippen molar-refractivity contribution in [3.05, 3.63) is 41.3 Å². The Labute approximate surface area is 112 Å². The minimum absolute atomic E-state index is 0.0307. The first-order valence-electron chi connectivity index (χ1n) is 5.21. The summed E-state index contributed by atoms with van der Waals surface area (Å²) in [7, 11) is 0. The summed E-state index contributed by atoms with van der Waals surface area (Å²) in [4.78, 5) is 7.76. The lowest BCUT2D eigenvalue weighted by Crippen LogP contribution is -2.17. The molecule has 0 aliphatic carbocycles. The molecule has 0 radical (unpaired) electrons. The van der Waals surface area contributed by atoms with Gasteiger partial charge in [-0.1, -0.05) is 12.1 Å². The summed E-state index contributed by atoms with van der Waals surface area (Å²) in [5.41, 5.74) is 1.03. The van der Waals surface area contributed by atoms with Crippen molar-refractivity contribution >= 4 is 11.6 Å². The molecule has 0 spiro atoms. The van der Waals surface area contributed by atoms with E-state index in [0.717, 1.165) is 0 Å². The zero-order chi connectivity index (χ0) is 14.0. The van der Waals surface area contributed by atoms with Crippen molar-refractivity contribution in [3.8, 4) is 17.0 Å². The number of benzene rings is 1. The molecule has 2 aromatic rings. The molecule has 3 nitrogen and oxygen atoms in total. The van der Waals surface area contributed by atoms with Crippen LogP contribution in [0.4, 0.5) is 13.2 Å². The summed E-state index contributed by atoms with van der Waals surface area (Å²) in [5, 5.41) is -0.0307. The van der Waals surface area contributed by atoms with E-state index in [1.54, 1.807) is 13.0 Å². The second-order valence-corrected chi connectivity index (χ2v) is 4.05. The molecule has 1 heterocycles. The van der Waals surface area contributed by atoms with Crippen LogP contribution in [0, 0.1) is 6.92 Å². The van der Waals surface area contributed by atoms with Crippen molar-refractivity contribution in [1.29, 1.82) is 0 Å². The summed E-state index contributed by atoms with van der Waals surface area (Å²) in [6.07, 6.45) is -4.76. The molecule has 0 N–H and O–H groups in total. The van der Waals surface area contributed by atoms with E-state index in [9.17, 15) is 13.2 Å². The maximum atomic E-state index is 12.3. The highest BCUT2D eigenvalue weighted by molar-refractivity contribution is 6.28. The molecule has 0 aliphatic rings. The van der Waals surface area contributed by atoms with E-state index in [2.05, 4.69) is 14.7 Å². The Morgan fingerprint density at radius 2 is 1.84 bits per heavy atom. The van der Waals surface area contributed by atoms with E-state index in [-0.39, 0.29) is 22.3 Å². The molecule has 0 amide bonds. The van der Waals surface area contributed by atoms with Crippen LogP contribution in [0.25, 0.3) is 11.3 Å². The van der Waals surface area contributed by atoms with Crippen molar-refractivity contribution in [1.82, 2.24) is 9.97 Å². The van der Waals surface area contributed by atoms with Crippen LogP contribution >= 0.6 is 11.6 Å². The van der Waals surface area contributed by atoms with Crippen LogP contribution in [0.15, 0.2) is 30.3 Å². The predicted octanol–water partition coefficient (Wildman–Crippen LogP) is 4.00. The number of aromatic nitrogens is 2. The minimum atomic E-state index is -4.76. The molecule has 0 unspecified atom stereocenters. The van der Waals surface area contributed by atoms with Gasteiger partial charge in [-0.15, -0.1) is 13.2 Å². The number of ether oxygens (including phenoxy) is 1. The number of nitrogens with zero attached hydrogens (tertiary/aromatic N) is 2. The largest absolute Gasteiger partial charge is 0.573 e. The lowest BCUT2D eigenvalue weighted by Gasteiger charge is -2.13. The molecule has 0 atom stereocenters. The molecular weight excluding hydrogens is 281 g/mol. The fraction of sp³-hybridized carbons (Fsp3) is 0.167. The van der Waals surface area contributed by atoms with Gasteiger partial charge in [0, 0.05) is 11.3 Å². The second kappa shape index (κ2) is 5.05. The molecular formula is C12H8ClF3N2O. The number of aryl methyl sites for hydroxylation is 1. The molecule has 0 saturated carbocycles. The molecule has 0 saturated heterocycles. The number of alkyl halides is 3. The van der Waals surface area contributed by atoms with Gasteiger partial charge in [0.1, 0.15) is 5.75 Å². The van der Waals surface area contributed by atoms with Crippen molar-refractivity contribution in [2.24, 2.45) is 0 Å². The Balaban J connectivity index is 2.50. The second-order valence-electron chi connectivity index (χ2n) is 3.71. The Morgan fingerprint density at radius 3 is 2.47 bits per heavy atom. The summed E-state index contributed by atoms with van der Waals surface area (Å²) in [6.45, 7) is 1.67. The number of rotatable bonds is 2. The van der Waals surface area contributed by atoms with Gasteiger partial charge >= 0.3 is 6.36 Å². The quantitative estimate of drug-likeness (QED) is 0.783. The lowest BCUT2D eigenvalue weighted by atomic mass is 10.1. The third-order valence-corrected chi connectivity index (χ3v) is 2.38. The van der Waals surface area contributed by atoms with Gasteiger partial charge in [-0.2, -0.15) is 0 Å². The Kier molecular flexibility index (Phi) is 3.61. The summed E-state index contributed by atoms with van der Waals surface area (Å²) in [6, 6.07) is 7.25. The maximum absolute atomic E-state index is 12.3. The van der Waals surface area contributed by atoms with E-state index in [1.165, 1.54) is 24.3 Å². The van der Waals surface area contributed by atoms with Crippen LogP contribution in [0.1, 0.15) is 5.69 Å². The van der Waals surface area contributed by atoms with Gasteiger partial charge in [-0.25, -0.2) is 9.97 Å². The standard InChI is InChI=1S/C12H8ClF3N2O/c1-7-6-9(18-11(13)17-7)8-4-2-3-5-10(8)19-12(14,15)16/h2-6H,1H3. The van der Waals surface area contributed by atoms with Crippen LogP contribution in [-0.4, -0.2) is 16.3 Å². The van der Waals surface area contributed by atoms with E-state index in [0.29, 0.717) is 5.69 Å². The van der Waals surface area contributed by atoms with Gasteiger partial charge in [0.05, 0.1) is 5.69 Å². The first-order chi connectivity index (χ1) is 8.85. The van der Waals surface area contributed by atoms with Crippen LogP contribution in [0.5, 0.6) is 5.75 Å². The molecule has 1 aromatic carbocycles. The number of hydrogen-bond donors (Lipinski definition) is 0. The van der Waals surface area contributed by atoms with E-state index in [1.807, 2.05) is 0 Å². The topological polar surface area (TPSA) is 35.0 Å². The van der Waals surface area contributed by atoms with E-state index >= 15 is 0 Å². The first kappa shape index (κ1) is 13.6. The normalized spacial score (nSPS) is 11.4. The summed E-state index contributed by atoms with van der Waals surface area (Å²) in [5.74, 6) is -0.329. The highest BCUT2D eigenvalue weighted by Crippen LogP contribution is 2.33. The monoisotopic (exact) mass is 288 g/mol. The Hall–Kier alpha value is -1.82. The molecule has 1 aromatic heterocycles. The summed E-state index contributed by atoms with van der Waals surface area (Å²) >= 11 is 5.70. The van der Waals surface area contributed by atoms with E-state index < -0.39 is 6.36 Å². The fourth-order valence-electron chi connectivity index (χ4n) is 1.56. The van der Waals surface area contributed by atoms with Crippen molar-refractivity contribution < 1.29 is 17.9 Å². The van der Waals surface area contributed by atoms with Gasteiger partial charge in [0.2, 0.25) is 5.28 Å². The maximum Gasteiger partial charge on any atom is 0.573 e. The zero-order valence-electron chi connectivity index (χ0n) is 9.70.